The van der Waals surface area contributed by atoms with Gasteiger partial charge < -0.3 is 4.74 Å². The molecule has 0 unspecified atom stereocenters. The maximum atomic E-state index is 13.3. The van der Waals surface area contributed by atoms with Crippen LogP contribution in [0, 0.1) is 5.82 Å². The monoisotopic (exact) mass is 380 g/mol. The summed E-state index contributed by atoms with van der Waals surface area (Å²) >= 11 is 1.08. The van der Waals surface area contributed by atoms with Crippen LogP contribution in [0.5, 0.6) is 5.75 Å². The summed E-state index contributed by atoms with van der Waals surface area (Å²) in [4.78, 5) is 12.2. The van der Waals surface area contributed by atoms with E-state index < -0.39 is 12.4 Å². The number of hydrogen-bond donors (Lipinski definition) is 0. The fourth-order valence-corrected chi connectivity index (χ4v) is 2.86. The van der Waals surface area contributed by atoms with Gasteiger partial charge in [0.15, 0.2) is 5.78 Å². The molecule has 0 radical (unpaired) electrons. The molecule has 134 valence electrons. The zero-order valence-corrected chi connectivity index (χ0v) is 13.9. The second-order valence-electron chi connectivity index (χ2n) is 4.97. The lowest BCUT2D eigenvalue weighted by atomic mass is 10.1. The highest BCUT2D eigenvalue weighted by atomic mass is 32.2. The van der Waals surface area contributed by atoms with E-state index in [0.29, 0.717) is 16.4 Å². The summed E-state index contributed by atoms with van der Waals surface area (Å²) in [5, 5.41) is 11.5. The molecule has 0 aliphatic carbocycles. The Hall–Kier alpha value is -2.88. The number of tetrazole rings is 1. The topological polar surface area (TPSA) is 69.9 Å². The third kappa shape index (κ3) is 4.39. The molecule has 10 heteroatoms. The smallest absolute Gasteiger partial charge is 0.387 e. The van der Waals surface area contributed by atoms with Crippen molar-refractivity contribution in [2.24, 2.45) is 0 Å². The summed E-state index contributed by atoms with van der Waals surface area (Å²) < 4.78 is 43.1. The van der Waals surface area contributed by atoms with Gasteiger partial charge in [-0.1, -0.05) is 17.8 Å². The van der Waals surface area contributed by atoms with Gasteiger partial charge in [-0.25, -0.2) is 4.39 Å². The quantitative estimate of drug-likeness (QED) is 0.462. The molecule has 0 aliphatic rings. The van der Waals surface area contributed by atoms with Gasteiger partial charge in [-0.2, -0.15) is 13.5 Å². The van der Waals surface area contributed by atoms with Crippen molar-refractivity contribution in [1.29, 1.82) is 0 Å². The van der Waals surface area contributed by atoms with Crippen LogP contribution in [0.3, 0.4) is 0 Å². The van der Waals surface area contributed by atoms with E-state index in [1.165, 1.54) is 47.1 Å². The van der Waals surface area contributed by atoms with Gasteiger partial charge in [0.2, 0.25) is 5.16 Å². The molecule has 0 fully saturated rings. The summed E-state index contributed by atoms with van der Waals surface area (Å²) in [5.74, 6) is -0.687. The van der Waals surface area contributed by atoms with Crippen LogP contribution in [0.25, 0.3) is 5.69 Å². The fraction of sp³-hybridized carbons (Fsp3) is 0.125. The number of ether oxygens (including phenoxy) is 1. The van der Waals surface area contributed by atoms with Gasteiger partial charge in [-0.05, 0) is 52.9 Å². The Morgan fingerprint density at radius 2 is 1.96 bits per heavy atom. The molecule has 1 heterocycles. The summed E-state index contributed by atoms with van der Waals surface area (Å²) in [6.07, 6.45) is 0. The normalized spacial score (nSPS) is 10.9. The van der Waals surface area contributed by atoms with Crippen molar-refractivity contribution in [3.8, 4) is 11.4 Å². The van der Waals surface area contributed by atoms with Gasteiger partial charge in [-0.3, -0.25) is 4.79 Å². The molecule has 0 N–H and O–H groups in total. The zero-order valence-electron chi connectivity index (χ0n) is 13.1. The van der Waals surface area contributed by atoms with Crippen LogP contribution < -0.4 is 4.74 Å². The van der Waals surface area contributed by atoms with Crippen molar-refractivity contribution in [3.05, 3.63) is 59.9 Å². The van der Waals surface area contributed by atoms with E-state index in [2.05, 4.69) is 20.3 Å². The minimum absolute atomic E-state index is 0.0186. The van der Waals surface area contributed by atoms with Crippen molar-refractivity contribution >= 4 is 17.5 Å². The van der Waals surface area contributed by atoms with Crippen LogP contribution in [0.4, 0.5) is 13.2 Å². The first-order chi connectivity index (χ1) is 12.5. The molecule has 0 bridgehead atoms. The van der Waals surface area contributed by atoms with Crippen LogP contribution in [0.1, 0.15) is 10.4 Å². The summed E-state index contributed by atoms with van der Waals surface area (Å²) in [6.45, 7) is -2.92. The van der Waals surface area contributed by atoms with Gasteiger partial charge in [0, 0.05) is 5.56 Å². The average molecular weight is 380 g/mol. The van der Waals surface area contributed by atoms with Crippen LogP contribution in [0.2, 0.25) is 0 Å². The molecule has 0 saturated heterocycles. The first kappa shape index (κ1) is 17.9. The maximum absolute atomic E-state index is 13.3. The van der Waals surface area contributed by atoms with Gasteiger partial charge in [0.05, 0.1) is 11.4 Å². The third-order valence-electron chi connectivity index (χ3n) is 3.23. The highest BCUT2D eigenvalue weighted by Crippen LogP contribution is 2.21. The minimum atomic E-state index is -2.92. The number of rotatable bonds is 7. The number of aromatic nitrogens is 4. The molecule has 0 saturated carbocycles. The zero-order chi connectivity index (χ0) is 18.5. The average Bonchev–Trinajstić information content (AvgIpc) is 3.08. The second kappa shape index (κ2) is 8.00. The molecule has 3 aromatic rings. The van der Waals surface area contributed by atoms with E-state index in [1.54, 1.807) is 6.07 Å². The number of halogens is 3. The Kier molecular flexibility index (Phi) is 5.52. The highest BCUT2D eigenvalue weighted by Gasteiger charge is 2.14. The van der Waals surface area contributed by atoms with Gasteiger partial charge in [0.1, 0.15) is 11.6 Å². The lowest BCUT2D eigenvalue weighted by Crippen LogP contribution is -2.06. The van der Waals surface area contributed by atoms with Crippen LogP contribution in [-0.4, -0.2) is 38.4 Å². The second-order valence-corrected chi connectivity index (χ2v) is 5.91. The Labute approximate surface area is 150 Å². The van der Waals surface area contributed by atoms with Gasteiger partial charge in [0.25, 0.3) is 0 Å². The van der Waals surface area contributed by atoms with E-state index in [9.17, 15) is 18.0 Å². The molecular weight excluding hydrogens is 369 g/mol. The largest absolute Gasteiger partial charge is 0.435 e. The molecule has 0 amide bonds. The van der Waals surface area contributed by atoms with Crippen molar-refractivity contribution in [3.63, 3.8) is 0 Å². The Balaban J connectivity index is 1.66. The van der Waals surface area contributed by atoms with Crippen LogP contribution in [-0.2, 0) is 0 Å². The molecular formula is C16H11F3N4O2S. The van der Waals surface area contributed by atoms with E-state index in [0.717, 1.165) is 11.8 Å². The van der Waals surface area contributed by atoms with Crippen molar-refractivity contribution in [2.45, 2.75) is 11.8 Å². The Morgan fingerprint density at radius 1 is 1.19 bits per heavy atom. The summed E-state index contributed by atoms with van der Waals surface area (Å²) in [7, 11) is 0. The third-order valence-corrected chi connectivity index (χ3v) is 4.15. The first-order valence-corrected chi connectivity index (χ1v) is 8.26. The predicted molar refractivity (Wildman–Crippen MR) is 87.2 cm³/mol. The SMILES string of the molecule is O=C(CSc1nnnn1-c1cccc(F)c1)c1ccc(OC(F)F)cc1. The summed E-state index contributed by atoms with van der Waals surface area (Å²) in [5.41, 5.74) is 0.766. The van der Waals surface area contributed by atoms with Gasteiger partial charge >= 0.3 is 6.61 Å². The number of nitrogens with zero attached hydrogens (tertiary/aromatic N) is 4. The molecule has 3 rings (SSSR count). The van der Waals surface area contributed by atoms with Crippen molar-refractivity contribution in [2.75, 3.05) is 5.75 Å². The molecule has 0 spiro atoms. The van der Waals surface area contributed by atoms with E-state index in [-0.39, 0.29) is 17.3 Å². The number of benzene rings is 2. The number of carbonyl (C=O) groups is 1. The molecule has 0 atom stereocenters. The standard InChI is InChI=1S/C16H11F3N4O2S/c17-11-2-1-3-12(8-11)23-16(20-21-22-23)26-9-14(24)10-4-6-13(7-5-10)25-15(18)19/h1-8,15H,9H2. The molecule has 6 nitrogen and oxygen atoms in total. The molecule has 0 aliphatic heterocycles. The van der Waals surface area contributed by atoms with Crippen LogP contribution >= 0.6 is 11.8 Å². The number of hydrogen-bond acceptors (Lipinski definition) is 6. The fourth-order valence-electron chi connectivity index (χ4n) is 2.07. The van der Waals surface area contributed by atoms with E-state index in [1.807, 2.05) is 0 Å². The van der Waals surface area contributed by atoms with Crippen LogP contribution in [0.15, 0.2) is 53.7 Å². The van der Waals surface area contributed by atoms with E-state index in [4.69, 9.17) is 0 Å². The van der Waals surface area contributed by atoms with Crippen molar-refractivity contribution < 1.29 is 22.7 Å². The number of alkyl halides is 2. The molecule has 2 aromatic carbocycles. The van der Waals surface area contributed by atoms with E-state index >= 15 is 0 Å². The number of ketones is 1. The maximum Gasteiger partial charge on any atom is 0.387 e. The minimum Gasteiger partial charge on any atom is -0.435 e. The molecule has 26 heavy (non-hydrogen) atoms. The Bertz CT molecular complexity index is 903. The number of thioether (sulfide) groups is 1. The number of carbonyl (C=O) groups excluding carboxylic acids is 1. The van der Waals surface area contributed by atoms with Gasteiger partial charge in [-0.15, -0.1) is 5.10 Å². The molecule has 1 aromatic heterocycles. The number of Topliss-reactive ketones (excluding diaryl/α,β-unsaturated/α-hetero) is 1. The van der Waals surface area contributed by atoms with Crippen molar-refractivity contribution in [1.82, 2.24) is 20.2 Å². The Morgan fingerprint density at radius 3 is 2.65 bits per heavy atom. The first-order valence-electron chi connectivity index (χ1n) is 7.28. The predicted octanol–water partition coefficient (Wildman–Crippen LogP) is 3.38. The lowest BCUT2D eigenvalue weighted by molar-refractivity contribution is -0.0498. The summed E-state index contributed by atoms with van der Waals surface area (Å²) in [6, 6.07) is 11.1. The lowest BCUT2D eigenvalue weighted by Gasteiger charge is -2.06. The highest BCUT2D eigenvalue weighted by molar-refractivity contribution is 7.99.